The molecule has 0 saturated carbocycles. The average molecular weight is 1030 g/mol. The van der Waals surface area contributed by atoms with E-state index in [1.807, 2.05) is 36.4 Å². The molecule has 0 radical (unpaired) electrons. The number of unbranched alkanes of at least 4 members (excludes halogenated alkanes) is 18. The standard InChI is InChI=1S/2C27H44O5.Ba/c2*1-23(31-22-25-17-13-11-14-18-25)16-12-9-7-5-3-4-6-8-10-15-19-26(32-24(2)28)20-21-27(29)30;/h2*11,13-14,17-18,23,26H,3-10,12,15-16,19-22H2,1-2H3,(H,29,30);/q;;+2/p-2. The molecule has 364 valence electrons. The molecule has 2 aromatic carbocycles. The second-order valence-corrected chi connectivity index (χ2v) is 17.7. The van der Waals surface area contributed by atoms with E-state index in [2.05, 4.69) is 38.1 Å². The van der Waals surface area contributed by atoms with Crippen molar-refractivity contribution in [3.63, 3.8) is 0 Å². The minimum atomic E-state index is -1.09. The molecule has 4 atom stereocenters. The third-order valence-corrected chi connectivity index (χ3v) is 11.5. The third-order valence-electron chi connectivity index (χ3n) is 11.5. The average Bonchev–Trinajstić information content (AvgIpc) is 3.27. The molecule has 0 spiro atoms. The van der Waals surface area contributed by atoms with Crippen molar-refractivity contribution in [2.75, 3.05) is 0 Å². The van der Waals surface area contributed by atoms with Gasteiger partial charge in [-0.05, 0) is 89.2 Å². The summed E-state index contributed by atoms with van der Waals surface area (Å²) in [6, 6.07) is 20.7. The van der Waals surface area contributed by atoms with Gasteiger partial charge in [-0.3, -0.25) is 9.59 Å². The second-order valence-electron chi connectivity index (χ2n) is 17.7. The number of aliphatic carboxylic acids is 2. The molecule has 0 aliphatic carbocycles. The molecule has 11 heteroatoms. The molecular formula is C54H86BaO10. The Bertz CT molecular complexity index is 1320. The molecule has 0 aliphatic heterocycles. The van der Waals surface area contributed by atoms with Gasteiger partial charge in [-0.1, -0.05) is 176 Å². The summed E-state index contributed by atoms with van der Waals surface area (Å²) in [6.45, 7) is 8.47. The van der Waals surface area contributed by atoms with Crippen molar-refractivity contribution in [3.05, 3.63) is 71.8 Å². The van der Waals surface area contributed by atoms with Crippen LogP contribution >= 0.6 is 0 Å². The van der Waals surface area contributed by atoms with E-state index < -0.39 is 11.9 Å². The number of hydrogen-bond donors (Lipinski definition) is 0. The van der Waals surface area contributed by atoms with Gasteiger partial charge >= 0.3 is 60.8 Å². The molecule has 0 N–H and O–H groups in total. The predicted molar refractivity (Wildman–Crippen MR) is 258 cm³/mol. The molecule has 0 saturated heterocycles. The van der Waals surface area contributed by atoms with Gasteiger partial charge in [0.25, 0.3) is 0 Å². The summed E-state index contributed by atoms with van der Waals surface area (Å²) in [5.74, 6) is -2.87. The first kappa shape index (κ1) is 62.8. The van der Waals surface area contributed by atoms with Crippen LogP contribution in [0.25, 0.3) is 0 Å². The van der Waals surface area contributed by atoms with Gasteiger partial charge in [0.15, 0.2) is 0 Å². The number of carboxylic acid groups (broad SMARTS) is 2. The minimum absolute atomic E-state index is 0. The SMILES string of the molecule is CC(=O)OC(CCCCCCCCCCCCC(C)OCc1ccccc1)CCC(=O)[O-].CC(=O)OC(CCCCCCCCCCCCC(C)OCc1ccccc1)CCC(=O)[O-].[Ba+2]. The van der Waals surface area contributed by atoms with E-state index in [1.165, 1.54) is 128 Å². The van der Waals surface area contributed by atoms with Crippen LogP contribution in [0, 0.1) is 0 Å². The van der Waals surface area contributed by atoms with E-state index in [-0.39, 0.29) is 85.9 Å². The van der Waals surface area contributed by atoms with Gasteiger partial charge in [0.1, 0.15) is 12.2 Å². The maximum Gasteiger partial charge on any atom is 2.00 e. The Kier molecular flexibility index (Phi) is 42.8. The molecule has 0 fully saturated rings. The normalized spacial score (nSPS) is 12.7. The zero-order chi connectivity index (χ0) is 46.9. The van der Waals surface area contributed by atoms with Gasteiger partial charge in [-0.15, -0.1) is 0 Å². The first-order valence-electron chi connectivity index (χ1n) is 25.0. The Morgan fingerprint density at radius 2 is 0.677 bits per heavy atom. The van der Waals surface area contributed by atoms with Crippen molar-refractivity contribution in [1.82, 2.24) is 0 Å². The fraction of sp³-hybridized carbons (Fsp3) is 0.704. The molecular weight excluding hydrogens is 946 g/mol. The first-order valence-corrected chi connectivity index (χ1v) is 25.0. The number of hydrogen-bond acceptors (Lipinski definition) is 10. The molecule has 0 amide bonds. The summed E-state index contributed by atoms with van der Waals surface area (Å²) in [5.41, 5.74) is 2.47. The van der Waals surface area contributed by atoms with E-state index in [9.17, 15) is 29.4 Å². The Morgan fingerprint density at radius 1 is 0.415 bits per heavy atom. The van der Waals surface area contributed by atoms with E-state index in [0.29, 0.717) is 38.3 Å². The fourth-order valence-corrected chi connectivity index (χ4v) is 7.78. The smallest absolute Gasteiger partial charge is 0.550 e. The number of carbonyl (C=O) groups is 4. The van der Waals surface area contributed by atoms with Crippen LogP contribution in [0.5, 0.6) is 0 Å². The second kappa shape index (κ2) is 44.3. The Labute approximate surface area is 434 Å². The number of ether oxygens (including phenoxy) is 4. The maximum absolute atomic E-state index is 11.1. The van der Waals surface area contributed by atoms with Crippen molar-refractivity contribution >= 4 is 72.8 Å². The van der Waals surface area contributed by atoms with Gasteiger partial charge in [0.05, 0.1) is 25.4 Å². The van der Waals surface area contributed by atoms with Crippen molar-refractivity contribution in [2.24, 2.45) is 0 Å². The third kappa shape index (κ3) is 42.9. The summed E-state index contributed by atoms with van der Waals surface area (Å²) in [7, 11) is 0. The summed E-state index contributed by atoms with van der Waals surface area (Å²) in [5, 5.41) is 21.2. The van der Waals surface area contributed by atoms with Crippen LogP contribution in [-0.2, 0) is 51.3 Å². The number of rotatable bonds is 40. The molecule has 2 aromatic rings. The van der Waals surface area contributed by atoms with Crippen LogP contribution in [0.2, 0.25) is 0 Å². The largest absolute Gasteiger partial charge is 2.00 e. The van der Waals surface area contributed by atoms with Crippen LogP contribution in [0.1, 0.15) is 219 Å². The Morgan fingerprint density at radius 3 is 0.938 bits per heavy atom. The topological polar surface area (TPSA) is 151 Å². The summed E-state index contributed by atoms with van der Waals surface area (Å²) < 4.78 is 22.3. The van der Waals surface area contributed by atoms with Gasteiger partial charge in [0.2, 0.25) is 0 Å². The summed E-state index contributed by atoms with van der Waals surface area (Å²) in [6.07, 6.45) is 28.7. The number of carbonyl (C=O) groups excluding carboxylic acids is 4. The Hall–Kier alpha value is -2.19. The molecule has 10 nitrogen and oxygen atoms in total. The van der Waals surface area contributed by atoms with E-state index in [4.69, 9.17) is 18.9 Å². The molecule has 0 bridgehead atoms. The maximum atomic E-state index is 11.1. The molecule has 2 rings (SSSR count). The zero-order valence-corrected chi connectivity index (χ0v) is 45.5. The zero-order valence-electron chi connectivity index (χ0n) is 41.1. The Balaban J connectivity index is 0.00000124. The van der Waals surface area contributed by atoms with E-state index in [0.717, 1.165) is 51.4 Å². The van der Waals surface area contributed by atoms with Crippen molar-refractivity contribution in [2.45, 2.75) is 245 Å². The quantitative estimate of drug-likeness (QED) is 0.0358. The molecule has 4 unspecified atom stereocenters. The van der Waals surface area contributed by atoms with E-state index >= 15 is 0 Å². The van der Waals surface area contributed by atoms with Crippen molar-refractivity contribution in [1.29, 1.82) is 0 Å². The van der Waals surface area contributed by atoms with Gasteiger partial charge in [-0.2, -0.15) is 0 Å². The summed E-state index contributed by atoms with van der Waals surface area (Å²) in [4.78, 5) is 43.4. The van der Waals surface area contributed by atoms with Crippen molar-refractivity contribution < 1.29 is 48.3 Å². The number of esters is 2. The molecule has 0 aliphatic rings. The van der Waals surface area contributed by atoms with E-state index in [1.54, 1.807) is 0 Å². The molecule has 0 aromatic heterocycles. The number of benzene rings is 2. The van der Waals surface area contributed by atoms with Crippen LogP contribution < -0.4 is 10.2 Å². The molecule has 65 heavy (non-hydrogen) atoms. The van der Waals surface area contributed by atoms with Crippen LogP contribution in [0.4, 0.5) is 0 Å². The van der Waals surface area contributed by atoms with Gasteiger partial charge in [-0.25, -0.2) is 0 Å². The minimum Gasteiger partial charge on any atom is -0.550 e. The van der Waals surface area contributed by atoms with Gasteiger partial charge < -0.3 is 38.7 Å². The number of carboxylic acids is 2. The first-order chi connectivity index (χ1) is 30.9. The monoisotopic (exact) mass is 1030 g/mol. The molecule has 0 heterocycles. The summed E-state index contributed by atoms with van der Waals surface area (Å²) >= 11 is 0. The fourth-order valence-electron chi connectivity index (χ4n) is 7.78. The van der Waals surface area contributed by atoms with Crippen LogP contribution in [-0.4, -0.2) is 97.2 Å². The predicted octanol–water partition coefficient (Wildman–Crippen LogP) is 11.1. The van der Waals surface area contributed by atoms with Gasteiger partial charge in [0, 0.05) is 25.8 Å². The van der Waals surface area contributed by atoms with Crippen LogP contribution in [0.15, 0.2) is 60.7 Å². The van der Waals surface area contributed by atoms with Crippen molar-refractivity contribution in [3.8, 4) is 0 Å². The van der Waals surface area contributed by atoms with Crippen LogP contribution in [0.3, 0.4) is 0 Å².